The van der Waals surface area contributed by atoms with Crippen LogP contribution < -0.4 is 0 Å². The van der Waals surface area contributed by atoms with E-state index >= 15 is 0 Å². The fourth-order valence-corrected chi connectivity index (χ4v) is 1.09. The molecule has 0 saturated carbocycles. The van der Waals surface area contributed by atoms with E-state index in [1.807, 2.05) is 0 Å². The van der Waals surface area contributed by atoms with Crippen LogP contribution in [0.15, 0.2) is 23.3 Å². The SMILES string of the molecule is COC(=O)c1ccc(N=[N+]=[N-])c(C(=O)O)c1. The number of carbonyl (C=O) groups is 2. The quantitative estimate of drug-likeness (QED) is 0.364. The summed E-state index contributed by atoms with van der Waals surface area (Å²) in [4.78, 5) is 24.5. The maximum atomic E-state index is 11.1. The van der Waals surface area contributed by atoms with Crippen LogP contribution >= 0.6 is 0 Å². The molecule has 0 amide bonds. The van der Waals surface area contributed by atoms with E-state index in [9.17, 15) is 9.59 Å². The minimum atomic E-state index is -1.28. The van der Waals surface area contributed by atoms with Crippen molar-refractivity contribution in [2.45, 2.75) is 0 Å². The number of carboxylic acids is 1. The van der Waals surface area contributed by atoms with E-state index in [0.717, 1.165) is 6.07 Å². The number of carboxylic acid groups (broad SMARTS) is 1. The first-order valence-corrected chi connectivity index (χ1v) is 4.11. The van der Waals surface area contributed by atoms with E-state index in [0.29, 0.717) is 0 Å². The maximum Gasteiger partial charge on any atom is 0.337 e. The highest BCUT2D eigenvalue weighted by atomic mass is 16.5. The molecule has 82 valence electrons. The van der Waals surface area contributed by atoms with Gasteiger partial charge in [-0.15, -0.1) is 0 Å². The number of hydrogen-bond donors (Lipinski definition) is 1. The van der Waals surface area contributed by atoms with Crippen LogP contribution in [0.5, 0.6) is 0 Å². The van der Waals surface area contributed by atoms with Crippen molar-refractivity contribution in [3.8, 4) is 0 Å². The second-order valence-corrected chi connectivity index (χ2v) is 2.72. The Morgan fingerprint density at radius 1 is 1.50 bits per heavy atom. The molecule has 7 heteroatoms. The largest absolute Gasteiger partial charge is 0.478 e. The predicted octanol–water partition coefficient (Wildman–Crippen LogP) is 2.11. The summed E-state index contributed by atoms with van der Waals surface area (Å²) in [5.74, 6) is -1.94. The third-order valence-electron chi connectivity index (χ3n) is 1.80. The smallest absolute Gasteiger partial charge is 0.337 e. The van der Waals surface area contributed by atoms with E-state index in [2.05, 4.69) is 14.8 Å². The van der Waals surface area contributed by atoms with Crippen LogP contribution in [-0.2, 0) is 4.74 Å². The number of ether oxygens (including phenoxy) is 1. The number of esters is 1. The van der Waals surface area contributed by atoms with Crippen molar-refractivity contribution in [3.05, 3.63) is 39.8 Å². The minimum absolute atomic E-state index is 0.0531. The maximum absolute atomic E-state index is 11.1. The van der Waals surface area contributed by atoms with Crippen LogP contribution in [0.25, 0.3) is 10.4 Å². The Kier molecular flexibility index (Phi) is 3.47. The van der Waals surface area contributed by atoms with Gasteiger partial charge >= 0.3 is 11.9 Å². The molecule has 0 aromatic heterocycles. The van der Waals surface area contributed by atoms with Gasteiger partial charge in [-0.3, -0.25) is 0 Å². The molecule has 0 radical (unpaired) electrons. The molecule has 0 fully saturated rings. The number of aromatic carboxylic acids is 1. The molecule has 0 aliphatic rings. The van der Waals surface area contributed by atoms with Gasteiger partial charge in [0.1, 0.15) is 0 Å². The molecule has 0 aliphatic carbocycles. The Labute approximate surface area is 89.9 Å². The topological polar surface area (TPSA) is 112 Å². The highest BCUT2D eigenvalue weighted by molar-refractivity contribution is 5.98. The summed E-state index contributed by atoms with van der Waals surface area (Å²) in [5.41, 5.74) is 8.00. The molecule has 1 aromatic rings. The highest BCUT2D eigenvalue weighted by Gasteiger charge is 2.13. The summed E-state index contributed by atoms with van der Waals surface area (Å²) < 4.78 is 4.44. The highest BCUT2D eigenvalue weighted by Crippen LogP contribution is 2.21. The van der Waals surface area contributed by atoms with Crippen molar-refractivity contribution >= 4 is 17.6 Å². The Balaban J connectivity index is 3.33. The lowest BCUT2D eigenvalue weighted by Gasteiger charge is -2.03. The molecule has 0 spiro atoms. The van der Waals surface area contributed by atoms with E-state index in [-0.39, 0.29) is 16.8 Å². The normalized spacial score (nSPS) is 9.06. The molecule has 1 N–H and O–H groups in total. The summed E-state index contributed by atoms with van der Waals surface area (Å²) in [6, 6.07) is 3.66. The fourth-order valence-electron chi connectivity index (χ4n) is 1.09. The average Bonchev–Trinajstić information content (AvgIpc) is 2.28. The second-order valence-electron chi connectivity index (χ2n) is 2.72. The lowest BCUT2D eigenvalue weighted by molar-refractivity contribution is 0.0601. The van der Waals surface area contributed by atoms with Gasteiger partial charge in [0, 0.05) is 4.91 Å². The van der Waals surface area contributed by atoms with Crippen LogP contribution in [0.1, 0.15) is 20.7 Å². The number of nitrogens with zero attached hydrogens (tertiary/aromatic N) is 3. The summed E-state index contributed by atoms with van der Waals surface area (Å²) in [5, 5.41) is 12.0. The number of benzene rings is 1. The predicted molar refractivity (Wildman–Crippen MR) is 53.5 cm³/mol. The van der Waals surface area contributed by atoms with Gasteiger partial charge in [-0.25, -0.2) is 9.59 Å². The van der Waals surface area contributed by atoms with Crippen molar-refractivity contribution in [2.75, 3.05) is 7.11 Å². The molecule has 1 rings (SSSR count). The zero-order valence-electron chi connectivity index (χ0n) is 8.25. The van der Waals surface area contributed by atoms with E-state index in [1.165, 1.54) is 19.2 Å². The van der Waals surface area contributed by atoms with E-state index in [4.69, 9.17) is 10.6 Å². The monoisotopic (exact) mass is 221 g/mol. The zero-order chi connectivity index (χ0) is 12.1. The van der Waals surface area contributed by atoms with Crippen molar-refractivity contribution < 1.29 is 19.4 Å². The molecule has 0 aliphatic heterocycles. The van der Waals surface area contributed by atoms with Crippen molar-refractivity contribution in [1.29, 1.82) is 0 Å². The van der Waals surface area contributed by atoms with Crippen LogP contribution in [0.4, 0.5) is 5.69 Å². The standard InChI is InChI=1S/C9H7N3O4/c1-16-9(15)5-2-3-7(11-12-10)6(4-5)8(13)14/h2-4H,1H3,(H,13,14). The fraction of sp³-hybridized carbons (Fsp3) is 0.111. The van der Waals surface area contributed by atoms with E-state index < -0.39 is 11.9 Å². The Hall–Kier alpha value is -2.53. The number of methoxy groups -OCH3 is 1. The lowest BCUT2D eigenvalue weighted by Crippen LogP contribution is -2.04. The average molecular weight is 221 g/mol. The third kappa shape index (κ3) is 2.28. The molecule has 0 atom stereocenters. The third-order valence-corrected chi connectivity index (χ3v) is 1.80. The molecule has 0 bridgehead atoms. The van der Waals surface area contributed by atoms with Crippen molar-refractivity contribution in [3.63, 3.8) is 0 Å². The van der Waals surface area contributed by atoms with Crippen LogP contribution in [-0.4, -0.2) is 24.2 Å². The molecule has 7 nitrogen and oxygen atoms in total. The van der Waals surface area contributed by atoms with Gasteiger partial charge in [0.05, 0.1) is 23.9 Å². The molecule has 16 heavy (non-hydrogen) atoms. The molecule has 0 heterocycles. The minimum Gasteiger partial charge on any atom is -0.478 e. The van der Waals surface area contributed by atoms with Crippen LogP contribution in [0, 0.1) is 0 Å². The summed E-state index contributed by atoms with van der Waals surface area (Å²) in [7, 11) is 1.18. The van der Waals surface area contributed by atoms with Gasteiger partial charge in [-0.05, 0) is 17.7 Å². The Bertz CT molecular complexity index is 492. The first-order chi connectivity index (χ1) is 7.60. The van der Waals surface area contributed by atoms with Gasteiger partial charge in [0.15, 0.2) is 0 Å². The van der Waals surface area contributed by atoms with E-state index in [1.54, 1.807) is 0 Å². The Morgan fingerprint density at radius 2 is 2.19 bits per heavy atom. The lowest BCUT2D eigenvalue weighted by atomic mass is 10.1. The zero-order valence-corrected chi connectivity index (χ0v) is 8.25. The second kappa shape index (κ2) is 4.81. The molecule has 1 aromatic carbocycles. The van der Waals surface area contributed by atoms with Crippen LogP contribution in [0.2, 0.25) is 0 Å². The first kappa shape index (κ1) is 11.5. The van der Waals surface area contributed by atoms with Crippen LogP contribution in [0.3, 0.4) is 0 Å². The summed E-state index contributed by atoms with van der Waals surface area (Å²) >= 11 is 0. The molecule has 0 unspecified atom stereocenters. The van der Waals surface area contributed by atoms with Gasteiger partial charge in [0.25, 0.3) is 0 Å². The number of hydrogen-bond acceptors (Lipinski definition) is 4. The van der Waals surface area contributed by atoms with Gasteiger partial charge < -0.3 is 9.84 Å². The van der Waals surface area contributed by atoms with Gasteiger partial charge in [0.2, 0.25) is 0 Å². The number of carbonyl (C=O) groups excluding carboxylic acids is 1. The van der Waals surface area contributed by atoms with Crippen molar-refractivity contribution in [1.82, 2.24) is 0 Å². The summed E-state index contributed by atoms with van der Waals surface area (Å²) in [6.45, 7) is 0. The number of rotatable bonds is 3. The number of azide groups is 1. The molecular weight excluding hydrogens is 214 g/mol. The van der Waals surface area contributed by atoms with Crippen molar-refractivity contribution in [2.24, 2.45) is 5.11 Å². The van der Waals surface area contributed by atoms with Gasteiger partial charge in [-0.1, -0.05) is 11.2 Å². The molecule has 0 saturated heterocycles. The summed E-state index contributed by atoms with van der Waals surface area (Å²) in [6.07, 6.45) is 0. The first-order valence-electron chi connectivity index (χ1n) is 4.11. The van der Waals surface area contributed by atoms with Gasteiger partial charge in [-0.2, -0.15) is 0 Å². The Morgan fingerprint density at radius 3 is 2.69 bits per heavy atom. The molecular formula is C9H7N3O4.